The highest BCUT2D eigenvalue weighted by molar-refractivity contribution is 7.92. The van der Waals surface area contributed by atoms with Gasteiger partial charge in [0, 0.05) is 13.1 Å². The molecule has 10 heteroatoms. The fourth-order valence-corrected chi connectivity index (χ4v) is 2.57. The molecule has 0 saturated heterocycles. The van der Waals surface area contributed by atoms with Crippen LogP contribution in [0.3, 0.4) is 0 Å². The second-order valence-corrected chi connectivity index (χ2v) is 5.77. The molecule has 0 amide bonds. The fraction of sp³-hybridized carbons (Fsp3) is 0.182. The maximum atomic E-state index is 12.1. The summed E-state index contributed by atoms with van der Waals surface area (Å²) in [5.41, 5.74) is 0.374. The van der Waals surface area contributed by atoms with E-state index in [1.54, 1.807) is 6.92 Å². The van der Waals surface area contributed by atoms with Gasteiger partial charge in [0.2, 0.25) is 0 Å². The molecule has 2 aromatic rings. The van der Waals surface area contributed by atoms with Gasteiger partial charge in [-0.25, -0.2) is 13.1 Å². The van der Waals surface area contributed by atoms with Gasteiger partial charge in [-0.3, -0.25) is 10.1 Å². The van der Waals surface area contributed by atoms with Crippen LogP contribution < -0.4 is 10.0 Å². The zero-order valence-corrected chi connectivity index (χ0v) is 12.0. The summed E-state index contributed by atoms with van der Waals surface area (Å²) in [7, 11) is -2.52. The third kappa shape index (κ3) is 3.11. The van der Waals surface area contributed by atoms with Crippen LogP contribution in [0, 0.1) is 17.0 Å². The van der Waals surface area contributed by atoms with Gasteiger partial charge in [-0.1, -0.05) is 0 Å². The normalized spacial score (nSPS) is 11.1. The number of rotatable bonds is 5. The number of nitro benzene ring substituents is 1. The Morgan fingerprint density at radius 1 is 1.38 bits per heavy atom. The van der Waals surface area contributed by atoms with Gasteiger partial charge in [0.05, 0.1) is 15.5 Å². The Kier molecular flexibility index (Phi) is 3.80. The maximum Gasteiger partial charge on any atom is 0.309 e. The van der Waals surface area contributed by atoms with Gasteiger partial charge in [-0.2, -0.15) is 4.98 Å². The molecule has 112 valence electrons. The number of nitro groups is 1. The number of aryl methyl sites for hydroxylation is 1. The summed E-state index contributed by atoms with van der Waals surface area (Å²) in [6.45, 7) is 1.63. The van der Waals surface area contributed by atoms with Gasteiger partial charge in [-0.05, 0) is 19.1 Å². The lowest BCUT2D eigenvalue weighted by Crippen LogP contribution is -2.13. The Hall–Kier alpha value is -2.62. The summed E-state index contributed by atoms with van der Waals surface area (Å²) in [5, 5.41) is 13.6. The molecule has 0 aliphatic heterocycles. The Morgan fingerprint density at radius 2 is 2.10 bits per heavy atom. The molecule has 2 rings (SSSR count). The molecule has 0 atom stereocenters. The van der Waals surface area contributed by atoms with Crippen molar-refractivity contribution in [2.45, 2.75) is 11.8 Å². The topological polar surface area (TPSA) is 127 Å². The predicted molar refractivity (Wildman–Crippen MR) is 74.7 cm³/mol. The van der Waals surface area contributed by atoms with E-state index >= 15 is 0 Å². The lowest BCUT2D eigenvalue weighted by atomic mass is 10.3. The van der Waals surface area contributed by atoms with E-state index in [-0.39, 0.29) is 22.3 Å². The van der Waals surface area contributed by atoms with Crippen molar-refractivity contribution in [2.24, 2.45) is 0 Å². The number of hydrogen-bond acceptors (Lipinski definition) is 7. The number of nitrogens with one attached hydrogen (secondary N) is 2. The van der Waals surface area contributed by atoms with Crippen LogP contribution in [0.15, 0.2) is 33.8 Å². The SMILES string of the molecule is CNc1ccc(S(=O)(=O)Nc2nc(C)co2)cc1[N+](=O)[O-]. The minimum absolute atomic E-state index is 0.201. The quantitative estimate of drug-likeness (QED) is 0.635. The third-order valence-electron chi connectivity index (χ3n) is 2.59. The minimum atomic E-state index is -4.02. The van der Waals surface area contributed by atoms with Crippen molar-refractivity contribution in [3.05, 3.63) is 40.3 Å². The number of nitrogens with zero attached hydrogens (tertiary/aromatic N) is 2. The molecule has 0 saturated carbocycles. The van der Waals surface area contributed by atoms with Crippen LogP contribution in [0.2, 0.25) is 0 Å². The molecule has 1 heterocycles. The lowest BCUT2D eigenvalue weighted by molar-refractivity contribution is -0.384. The van der Waals surface area contributed by atoms with Crippen molar-refractivity contribution in [3.8, 4) is 0 Å². The van der Waals surface area contributed by atoms with Gasteiger partial charge in [-0.15, -0.1) is 0 Å². The zero-order valence-electron chi connectivity index (χ0n) is 11.2. The highest BCUT2D eigenvalue weighted by Gasteiger charge is 2.22. The first kappa shape index (κ1) is 14.8. The summed E-state index contributed by atoms with van der Waals surface area (Å²) in [4.78, 5) is 13.8. The molecule has 1 aromatic carbocycles. The molecule has 1 aromatic heterocycles. The standard InChI is InChI=1S/C11H12N4O5S/c1-7-6-20-11(13-7)14-21(18,19)8-3-4-9(12-2)10(5-8)15(16)17/h3-6,12H,1-2H3,(H,13,14). The Bertz CT molecular complexity index is 784. The van der Waals surface area contributed by atoms with E-state index in [4.69, 9.17) is 4.42 Å². The van der Waals surface area contributed by atoms with E-state index in [2.05, 4.69) is 15.0 Å². The van der Waals surface area contributed by atoms with Crippen molar-refractivity contribution in [2.75, 3.05) is 17.1 Å². The van der Waals surface area contributed by atoms with Crippen LogP contribution in [0.25, 0.3) is 0 Å². The van der Waals surface area contributed by atoms with E-state index in [1.165, 1.54) is 25.4 Å². The molecular weight excluding hydrogens is 300 g/mol. The van der Waals surface area contributed by atoms with Crippen LogP contribution in [-0.4, -0.2) is 25.4 Å². The van der Waals surface area contributed by atoms with Gasteiger partial charge < -0.3 is 9.73 Å². The van der Waals surface area contributed by atoms with E-state index in [0.717, 1.165) is 6.07 Å². The van der Waals surface area contributed by atoms with Crippen molar-refractivity contribution < 1.29 is 17.8 Å². The molecule has 0 aliphatic rings. The summed E-state index contributed by atoms with van der Waals surface area (Å²) < 4.78 is 31.3. The monoisotopic (exact) mass is 312 g/mol. The number of hydrogen-bond donors (Lipinski definition) is 2. The molecule has 0 bridgehead atoms. The Morgan fingerprint density at radius 3 is 2.62 bits per heavy atom. The highest BCUT2D eigenvalue weighted by Crippen LogP contribution is 2.27. The van der Waals surface area contributed by atoms with Crippen LogP contribution in [0.5, 0.6) is 0 Å². The second kappa shape index (κ2) is 5.40. The smallest absolute Gasteiger partial charge is 0.309 e. The first-order chi connectivity index (χ1) is 9.83. The molecule has 0 aliphatic carbocycles. The number of sulfonamides is 1. The van der Waals surface area contributed by atoms with Gasteiger partial charge in [0.25, 0.3) is 15.7 Å². The Balaban J connectivity index is 2.40. The van der Waals surface area contributed by atoms with Crippen molar-refractivity contribution >= 4 is 27.4 Å². The average molecular weight is 312 g/mol. The van der Waals surface area contributed by atoms with Crippen LogP contribution >= 0.6 is 0 Å². The maximum absolute atomic E-state index is 12.1. The molecular formula is C11H12N4O5S. The molecule has 0 unspecified atom stereocenters. The third-order valence-corrected chi connectivity index (χ3v) is 3.90. The number of anilines is 2. The number of benzene rings is 1. The Labute approximate surface area is 120 Å². The van der Waals surface area contributed by atoms with Crippen molar-refractivity contribution in [3.63, 3.8) is 0 Å². The van der Waals surface area contributed by atoms with Gasteiger partial charge in [0.15, 0.2) is 0 Å². The second-order valence-electron chi connectivity index (χ2n) is 4.09. The first-order valence-corrected chi connectivity index (χ1v) is 7.23. The molecule has 21 heavy (non-hydrogen) atoms. The average Bonchev–Trinajstić information content (AvgIpc) is 2.82. The molecule has 0 spiro atoms. The largest absolute Gasteiger partial charge is 0.431 e. The van der Waals surface area contributed by atoms with E-state index in [9.17, 15) is 18.5 Å². The fourth-order valence-electron chi connectivity index (χ4n) is 1.62. The minimum Gasteiger partial charge on any atom is -0.431 e. The number of aromatic nitrogens is 1. The predicted octanol–water partition coefficient (Wildman–Crippen LogP) is 1.73. The van der Waals surface area contributed by atoms with Crippen molar-refractivity contribution in [1.29, 1.82) is 0 Å². The molecule has 0 fully saturated rings. The highest BCUT2D eigenvalue weighted by atomic mass is 32.2. The molecule has 0 radical (unpaired) electrons. The summed E-state index contributed by atoms with van der Waals surface area (Å²) in [6, 6.07) is 3.32. The zero-order chi connectivity index (χ0) is 15.6. The van der Waals surface area contributed by atoms with E-state index in [0.29, 0.717) is 5.69 Å². The van der Waals surface area contributed by atoms with E-state index < -0.39 is 14.9 Å². The van der Waals surface area contributed by atoms with Crippen LogP contribution in [0.1, 0.15) is 5.69 Å². The summed E-state index contributed by atoms with van der Waals surface area (Å²) in [5.74, 6) is 0. The lowest BCUT2D eigenvalue weighted by Gasteiger charge is -2.06. The van der Waals surface area contributed by atoms with Gasteiger partial charge >= 0.3 is 6.01 Å². The van der Waals surface area contributed by atoms with Crippen LogP contribution in [0.4, 0.5) is 17.4 Å². The van der Waals surface area contributed by atoms with E-state index in [1.807, 2.05) is 0 Å². The molecule has 2 N–H and O–H groups in total. The van der Waals surface area contributed by atoms with Crippen molar-refractivity contribution in [1.82, 2.24) is 4.98 Å². The first-order valence-electron chi connectivity index (χ1n) is 5.74. The summed E-state index contributed by atoms with van der Waals surface area (Å²) >= 11 is 0. The van der Waals surface area contributed by atoms with Crippen LogP contribution in [-0.2, 0) is 10.0 Å². The molecule has 9 nitrogen and oxygen atoms in total. The number of oxazole rings is 1. The summed E-state index contributed by atoms with van der Waals surface area (Å²) in [6.07, 6.45) is 1.28. The van der Waals surface area contributed by atoms with Gasteiger partial charge in [0.1, 0.15) is 12.0 Å².